The number of ether oxygens (including phenoxy) is 1. The number of amides is 2. The minimum absolute atomic E-state index is 0.0358. The number of rotatable bonds is 6. The van der Waals surface area contributed by atoms with Crippen LogP contribution in [0.15, 0.2) is 30.5 Å². The van der Waals surface area contributed by atoms with Crippen molar-refractivity contribution in [3.05, 3.63) is 36.0 Å². The fourth-order valence-electron chi connectivity index (χ4n) is 1.48. The average Bonchev–Trinajstić information content (AvgIpc) is 2.42. The van der Waals surface area contributed by atoms with E-state index in [-0.39, 0.29) is 11.4 Å². The highest BCUT2D eigenvalue weighted by Crippen LogP contribution is 2.20. The van der Waals surface area contributed by atoms with E-state index in [1.165, 1.54) is 12.1 Å². The van der Waals surface area contributed by atoms with Crippen molar-refractivity contribution in [2.24, 2.45) is 0 Å². The third kappa shape index (κ3) is 5.56. The largest absolute Gasteiger partial charge is 0.508 e. The minimum Gasteiger partial charge on any atom is -0.508 e. The third-order valence-electron chi connectivity index (χ3n) is 2.71. The molecule has 0 unspecified atom stereocenters. The number of urea groups is 1. The van der Waals surface area contributed by atoms with Gasteiger partial charge in [-0.25, -0.2) is 9.59 Å². The van der Waals surface area contributed by atoms with Crippen molar-refractivity contribution >= 4 is 17.7 Å². The average molecular weight is 292 g/mol. The van der Waals surface area contributed by atoms with Crippen LogP contribution in [0.1, 0.15) is 25.3 Å². The van der Waals surface area contributed by atoms with Crippen LogP contribution in [0, 0.1) is 6.92 Å². The normalized spacial score (nSPS) is 9.81. The number of benzene rings is 1. The van der Waals surface area contributed by atoms with Gasteiger partial charge in [0.25, 0.3) is 0 Å². The second-order valence-corrected chi connectivity index (χ2v) is 4.55. The summed E-state index contributed by atoms with van der Waals surface area (Å²) in [6.45, 7) is 7.51. The molecule has 0 aliphatic carbocycles. The topological polar surface area (TPSA) is 87.7 Å². The number of carbonyl (C=O) groups is 2. The lowest BCUT2D eigenvalue weighted by atomic mass is 10.2. The summed E-state index contributed by atoms with van der Waals surface area (Å²) in [6.07, 6.45) is 1.66. The Morgan fingerprint density at radius 1 is 1.38 bits per heavy atom. The van der Waals surface area contributed by atoms with E-state index in [4.69, 9.17) is 4.74 Å². The SMILES string of the molecule is C=C(NC(=O)Nc1cc(O)ccc1C)C(=O)OCCCC. The summed E-state index contributed by atoms with van der Waals surface area (Å²) in [5.41, 5.74) is 1.08. The monoisotopic (exact) mass is 292 g/mol. The molecule has 0 atom stereocenters. The van der Waals surface area contributed by atoms with Gasteiger partial charge in [-0.05, 0) is 25.0 Å². The van der Waals surface area contributed by atoms with Gasteiger partial charge in [0.15, 0.2) is 0 Å². The third-order valence-corrected chi connectivity index (χ3v) is 2.71. The molecule has 1 aromatic carbocycles. The van der Waals surface area contributed by atoms with Gasteiger partial charge in [-0.2, -0.15) is 0 Å². The van der Waals surface area contributed by atoms with Crippen LogP contribution in [0.3, 0.4) is 0 Å². The number of hydrogen-bond donors (Lipinski definition) is 3. The predicted molar refractivity (Wildman–Crippen MR) is 80.0 cm³/mol. The molecule has 6 heteroatoms. The lowest BCUT2D eigenvalue weighted by Crippen LogP contribution is -2.32. The number of carbonyl (C=O) groups excluding carboxylic acids is 2. The van der Waals surface area contributed by atoms with E-state index in [2.05, 4.69) is 17.2 Å². The van der Waals surface area contributed by atoms with Crippen LogP contribution < -0.4 is 10.6 Å². The molecule has 0 radical (unpaired) electrons. The van der Waals surface area contributed by atoms with E-state index in [0.29, 0.717) is 12.3 Å². The van der Waals surface area contributed by atoms with E-state index in [1.807, 2.05) is 6.92 Å². The second-order valence-electron chi connectivity index (χ2n) is 4.55. The first-order valence-electron chi connectivity index (χ1n) is 6.67. The van der Waals surface area contributed by atoms with Crippen LogP contribution in [0.25, 0.3) is 0 Å². The standard InChI is InChI=1S/C15H20N2O4/c1-4-5-8-21-14(19)11(3)16-15(20)17-13-9-12(18)7-6-10(13)2/h6-7,9,18H,3-5,8H2,1-2H3,(H2,16,17,20). The first-order valence-corrected chi connectivity index (χ1v) is 6.67. The number of aryl methyl sites for hydroxylation is 1. The number of anilines is 1. The summed E-state index contributed by atoms with van der Waals surface area (Å²) < 4.78 is 4.92. The van der Waals surface area contributed by atoms with Gasteiger partial charge < -0.3 is 20.5 Å². The highest BCUT2D eigenvalue weighted by atomic mass is 16.5. The van der Waals surface area contributed by atoms with E-state index in [0.717, 1.165) is 18.4 Å². The molecule has 1 rings (SSSR count). The molecular weight excluding hydrogens is 272 g/mol. The number of esters is 1. The molecule has 0 bridgehead atoms. The summed E-state index contributed by atoms with van der Waals surface area (Å²) >= 11 is 0. The fourth-order valence-corrected chi connectivity index (χ4v) is 1.48. The molecule has 21 heavy (non-hydrogen) atoms. The lowest BCUT2D eigenvalue weighted by molar-refractivity contribution is -0.139. The Bertz CT molecular complexity index is 540. The first-order chi connectivity index (χ1) is 9.93. The van der Waals surface area contributed by atoms with Crippen molar-refractivity contribution in [2.45, 2.75) is 26.7 Å². The van der Waals surface area contributed by atoms with Crippen LogP contribution in [0.2, 0.25) is 0 Å². The summed E-state index contributed by atoms with van der Waals surface area (Å²) in [5.74, 6) is -0.625. The molecule has 1 aromatic rings. The maximum atomic E-state index is 11.7. The van der Waals surface area contributed by atoms with Crippen molar-refractivity contribution in [3.63, 3.8) is 0 Å². The zero-order valence-electron chi connectivity index (χ0n) is 12.2. The Kier molecular flexibility index (Phi) is 6.26. The molecule has 0 spiro atoms. The molecule has 114 valence electrons. The molecule has 0 fully saturated rings. The number of aromatic hydroxyl groups is 1. The van der Waals surface area contributed by atoms with Crippen molar-refractivity contribution in [1.82, 2.24) is 5.32 Å². The van der Waals surface area contributed by atoms with E-state index in [9.17, 15) is 14.7 Å². The first kappa shape index (κ1) is 16.6. The smallest absolute Gasteiger partial charge is 0.354 e. The van der Waals surface area contributed by atoms with Crippen LogP contribution >= 0.6 is 0 Å². The molecule has 0 aliphatic heterocycles. The highest BCUT2D eigenvalue weighted by Gasteiger charge is 2.12. The number of phenolic OH excluding ortho intramolecular Hbond substituents is 1. The van der Waals surface area contributed by atoms with Crippen molar-refractivity contribution < 1.29 is 19.4 Å². The number of hydrogen-bond acceptors (Lipinski definition) is 4. The summed E-state index contributed by atoms with van der Waals surface area (Å²) in [6, 6.07) is 3.97. The van der Waals surface area contributed by atoms with Gasteiger partial charge in [-0.1, -0.05) is 26.0 Å². The summed E-state index contributed by atoms with van der Waals surface area (Å²) in [4.78, 5) is 23.3. The molecule has 0 saturated heterocycles. The quantitative estimate of drug-likeness (QED) is 0.427. The van der Waals surface area contributed by atoms with E-state index >= 15 is 0 Å². The van der Waals surface area contributed by atoms with Crippen LogP contribution in [0.5, 0.6) is 5.75 Å². The lowest BCUT2D eigenvalue weighted by Gasteiger charge is -2.11. The van der Waals surface area contributed by atoms with Gasteiger partial charge in [0, 0.05) is 11.8 Å². The Morgan fingerprint density at radius 2 is 2.10 bits per heavy atom. The van der Waals surface area contributed by atoms with Gasteiger partial charge in [-0.3, -0.25) is 0 Å². The van der Waals surface area contributed by atoms with Gasteiger partial charge >= 0.3 is 12.0 Å². The van der Waals surface area contributed by atoms with Gasteiger partial charge in [0.05, 0.1) is 6.61 Å². The van der Waals surface area contributed by atoms with Crippen molar-refractivity contribution in [2.75, 3.05) is 11.9 Å². The number of nitrogens with one attached hydrogen (secondary N) is 2. The maximum Gasteiger partial charge on any atom is 0.354 e. The Labute approximate surface area is 123 Å². The Balaban J connectivity index is 2.51. The molecule has 3 N–H and O–H groups in total. The zero-order valence-corrected chi connectivity index (χ0v) is 12.2. The fraction of sp³-hybridized carbons (Fsp3) is 0.333. The Hall–Kier alpha value is -2.50. The number of unbranched alkanes of at least 4 members (excludes halogenated alkanes) is 1. The van der Waals surface area contributed by atoms with Gasteiger partial charge in [-0.15, -0.1) is 0 Å². The van der Waals surface area contributed by atoms with Gasteiger partial charge in [0.2, 0.25) is 0 Å². The van der Waals surface area contributed by atoms with E-state index in [1.54, 1.807) is 13.0 Å². The van der Waals surface area contributed by atoms with Crippen molar-refractivity contribution in [3.8, 4) is 5.75 Å². The molecular formula is C15H20N2O4. The van der Waals surface area contributed by atoms with E-state index < -0.39 is 12.0 Å². The van der Waals surface area contributed by atoms with Crippen LogP contribution in [-0.4, -0.2) is 23.7 Å². The van der Waals surface area contributed by atoms with Crippen molar-refractivity contribution in [1.29, 1.82) is 0 Å². The molecule has 0 saturated carbocycles. The molecule has 6 nitrogen and oxygen atoms in total. The molecule has 2 amide bonds. The summed E-state index contributed by atoms with van der Waals surface area (Å²) in [7, 11) is 0. The number of phenols is 1. The highest BCUT2D eigenvalue weighted by molar-refractivity contribution is 5.98. The minimum atomic E-state index is -0.661. The molecule has 0 aliphatic rings. The second kappa shape index (κ2) is 7.94. The molecule has 0 aromatic heterocycles. The van der Waals surface area contributed by atoms with Crippen LogP contribution in [-0.2, 0) is 9.53 Å². The zero-order chi connectivity index (χ0) is 15.8. The maximum absolute atomic E-state index is 11.7. The Morgan fingerprint density at radius 3 is 2.76 bits per heavy atom. The summed E-state index contributed by atoms with van der Waals surface area (Å²) in [5, 5.41) is 14.2. The molecule has 0 heterocycles. The van der Waals surface area contributed by atoms with Crippen LogP contribution in [0.4, 0.5) is 10.5 Å². The predicted octanol–water partition coefficient (Wildman–Crippen LogP) is 2.68. The van der Waals surface area contributed by atoms with Gasteiger partial charge in [0.1, 0.15) is 11.4 Å².